The summed E-state index contributed by atoms with van der Waals surface area (Å²) in [6, 6.07) is 20.6. The molecule has 1 N–H and O–H groups in total. The summed E-state index contributed by atoms with van der Waals surface area (Å²) in [5, 5.41) is 10.3. The molecule has 37 heavy (non-hydrogen) atoms. The summed E-state index contributed by atoms with van der Waals surface area (Å²) in [6.07, 6.45) is 4.27. The predicted molar refractivity (Wildman–Crippen MR) is 149 cm³/mol. The zero-order valence-corrected chi connectivity index (χ0v) is 22.0. The molecule has 192 valence electrons. The number of hydrogen-bond donors (Lipinski definition) is 1. The zero-order valence-electron chi connectivity index (χ0n) is 21.3. The maximum Gasteiger partial charge on any atom is 0.335 e. The molecule has 5 rings (SSSR count). The Bertz CT molecular complexity index is 1330. The first-order valence-corrected chi connectivity index (χ1v) is 13.5. The third-order valence-electron chi connectivity index (χ3n) is 7.65. The van der Waals surface area contributed by atoms with Gasteiger partial charge in [0, 0.05) is 24.7 Å². The number of alkyl halides is 1. The molecule has 0 radical (unpaired) electrons. The fourth-order valence-electron chi connectivity index (χ4n) is 5.80. The van der Waals surface area contributed by atoms with Gasteiger partial charge in [-0.05, 0) is 108 Å². The van der Waals surface area contributed by atoms with Crippen molar-refractivity contribution in [3.05, 3.63) is 105 Å². The molecule has 3 nitrogen and oxygen atoms in total. The van der Waals surface area contributed by atoms with Crippen LogP contribution < -0.4 is 0 Å². The van der Waals surface area contributed by atoms with Gasteiger partial charge in [-0.15, -0.1) is 0 Å². The minimum atomic E-state index is -0.900. The van der Waals surface area contributed by atoms with Crippen LogP contribution in [0, 0.1) is 12.8 Å². The van der Waals surface area contributed by atoms with E-state index in [0.717, 1.165) is 83.7 Å². The molecule has 1 saturated heterocycles. The van der Waals surface area contributed by atoms with Crippen LogP contribution >= 0.6 is 11.6 Å². The normalized spacial score (nSPS) is 16.3. The summed E-state index contributed by atoms with van der Waals surface area (Å²) >= 11 is 6.77. The van der Waals surface area contributed by atoms with E-state index in [4.69, 9.17) is 11.6 Å². The van der Waals surface area contributed by atoms with Gasteiger partial charge in [-0.2, -0.15) is 0 Å². The number of carbonyl (C=O) groups is 1. The molecule has 2 aliphatic rings. The van der Waals surface area contributed by atoms with Crippen LogP contribution in [0.2, 0.25) is 5.02 Å². The van der Waals surface area contributed by atoms with Gasteiger partial charge in [-0.3, -0.25) is 4.39 Å². The Morgan fingerprint density at radius 1 is 1.03 bits per heavy atom. The second-order valence-electron chi connectivity index (χ2n) is 10.4. The Balaban J connectivity index is 1.51. The van der Waals surface area contributed by atoms with Crippen molar-refractivity contribution in [2.45, 2.75) is 39.0 Å². The molecule has 5 heteroatoms. The topological polar surface area (TPSA) is 40.5 Å². The average Bonchev–Trinajstić information content (AvgIpc) is 3.04. The highest BCUT2D eigenvalue weighted by atomic mass is 35.5. The molecular weight excluding hydrogens is 485 g/mol. The molecule has 1 aliphatic heterocycles. The van der Waals surface area contributed by atoms with Gasteiger partial charge in [0.15, 0.2) is 0 Å². The smallest absolute Gasteiger partial charge is 0.335 e. The van der Waals surface area contributed by atoms with Crippen molar-refractivity contribution in [2.24, 2.45) is 5.92 Å². The molecular formula is C32H33ClFNO2. The zero-order chi connectivity index (χ0) is 25.9. The van der Waals surface area contributed by atoms with Crippen molar-refractivity contribution >= 4 is 28.7 Å². The van der Waals surface area contributed by atoms with E-state index >= 15 is 0 Å². The monoisotopic (exact) mass is 517 g/mol. The molecule has 1 fully saturated rings. The van der Waals surface area contributed by atoms with E-state index in [0.29, 0.717) is 17.9 Å². The summed E-state index contributed by atoms with van der Waals surface area (Å²) in [6.45, 7) is 4.74. The second-order valence-corrected chi connectivity index (χ2v) is 10.8. The van der Waals surface area contributed by atoms with Crippen molar-refractivity contribution < 1.29 is 14.3 Å². The summed E-state index contributed by atoms with van der Waals surface area (Å²) in [4.78, 5) is 14.0. The van der Waals surface area contributed by atoms with E-state index in [1.54, 1.807) is 6.07 Å². The van der Waals surface area contributed by atoms with Crippen LogP contribution in [0.25, 0.3) is 11.1 Å². The molecule has 0 amide bonds. The van der Waals surface area contributed by atoms with Gasteiger partial charge < -0.3 is 10.0 Å². The van der Waals surface area contributed by atoms with Gasteiger partial charge in [0.2, 0.25) is 0 Å². The number of aryl methyl sites for hydroxylation is 2. The fourth-order valence-corrected chi connectivity index (χ4v) is 6.15. The van der Waals surface area contributed by atoms with Gasteiger partial charge in [0.25, 0.3) is 0 Å². The molecule has 0 spiro atoms. The van der Waals surface area contributed by atoms with Gasteiger partial charge in [0.1, 0.15) is 0 Å². The standard InChI is InChI=1S/C32H33ClFNO2/c1-21-6-12-28(30(33)16-21)29-5-2-4-25-18-26(32(36)37)11-13-27(25)31(29)24-9-7-22(8-10-24)17-23-19-35(20-23)15-3-14-34/h6-13,16,18,23H,2-5,14-15,17,19-20H2,1H3,(H,36,37). The number of likely N-dealkylation sites (tertiary alicyclic amines) is 1. The van der Waals surface area contributed by atoms with Gasteiger partial charge in [0.05, 0.1) is 12.2 Å². The number of allylic oxidation sites excluding steroid dienone is 1. The number of fused-ring (bicyclic) bond motifs is 1. The van der Waals surface area contributed by atoms with Gasteiger partial charge in [-0.1, -0.05) is 54.1 Å². The third-order valence-corrected chi connectivity index (χ3v) is 7.97. The molecule has 1 heterocycles. The lowest BCUT2D eigenvalue weighted by Gasteiger charge is -2.39. The highest BCUT2D eigenvalue weighted by Gasteiger charge is 2.26. The fraction of sp³-hybridized carbons (Fsp3) is 0.344. The van der Waals surface area contributed by atoms with Crippen LogP contribution in [0.15, 0.2) is 60.7 Å². The minimum Gasteiger partial charge on any atom is -0.478 e. The average molecular weight is 518 g/mol. The number of halogens is 2. The SMILES string of the molecule is Cc1ccc(C2=C(c3ccc(CC4CN(CCCF)C4)cc3)c3ccc(C(=O)O)cc3CCC2)c(Cl)c1. The molecule has 3 aromatic rings. The van der Waals surface area contributed by atoms with Crippen LogP contribution in [0.4, 0.5) is 4.39 Å². The molecule has 1 aliphatic carbocycles. The van der Waals surface area contributed by atoms with Crippen LogP contribution in [-0.2, 0) is 12.8 Å². The highest BCUT2D eigenvalue weighted by molar-refractivity contribution is 6.32. The number of nitrogens with zero attached hydrogens (tertiary/aromatic N) is 1. The summed E-state index contributed by atoms with van der Waals surface area (Å²) in [5.41, 5.74) is 9.44. The Morgan fingerprint density at radius 3 is 2.49 bits per heavy atom. The van der Waals surface area contributed by atoms with Crippen molar-refractivity contribution in [1.29, 1.82) is 0 Å². The van der Waals surface area contributed by atoms with Crippen LogP contribution in [0.1, 0.15) is 63.0 Å². The van der Waals surface area contributed by atoms with E-state index in [1.165, 1.54) is 11.1 Å². The lowest BCUT2D eigenvalue weighted by Crippen LogP contribution is -2.47. The van der Waals surface area contributed by atoms with Crippen LogP contribution in [-0.4, -0.2) is 42.3 Å². The van der Waals surface area contributed by atoms with E-state index < -0.39 is 5.97 Å². The number of carboxylic acid groups (broad SMARTS) is 1. The Hall–Kier alpha value is -2.95. The number of aromatic carboxylic acids is 1. The predicted octanol–water partition coefficient (Wildman–Crippen LogP) is 7.48. The lowest BCUT2D eigenvalue weighted by molar-refractivity contribution is 0.0696. The van der Waals surface area contributed by atoms with Gasteiger partial charge >= 0.3 is 5.97 Å². The van der Waals surface area contributed by atoms with E-state index in [9.17, 15) is 14.3 Å². The number of benzene rings is 3. The van der Waals surface area contributed by atoms with Crippen molar-refractivity contribution in [3.63, 3.8) is 0 Å². The first-order chi connectivity index (χ1) is 17.9. The second kappa shape index (κ2) is 11.2. The van der Waals surface area contributed by atoms with Crippen LogP contribution in [0.5, 0.6) is 0 Å². The molecule has 3 aromatic carbocycles. The van der Waals surface area contributed by atoms with E-state index in [1.807, 2.05) is 25.1 Å². The maximum absolute atomic E-state index is 12.4. The molecule has 0 unspecified atom stereocenters. The number of hydrogen-bond acceptors (Lipinski definition) is 2. The van der Waals surface area contributed by atoms with Crippen molar-refractivity contribution in [3.8, 4) is 0 Å². The summed E-state index contributed by atoms with van der Waals surface area (Å²) < 4.78 is 12.4. The summed E-state index contributed by atoms with van der Waals surface area (Å²) in [5.74, 6) is -0.275. The maximum atomic E-state index is 12.4. The molecule has 0 atom stereocenters. The van der Waals surface area contributed by atoms with Gasteiger partial charge in [-0.25, -0.2) is 4.79 Å². The largest absolute Gasteiger partial charge is 0.478 e. The first kappa shape index (κ1) is 25.7. The Labute approximate surface area is 223 Å². The quantitative estimate of drug-likeness (QED) is 0.337. The molecule has 0 aromatic heterocycles. The Kier molecular flexibility index (Phi) is 7.78. The minimum absolute atomic E-state index is 0.241. The Morgan fingerprint density at radius 2 is 1.78 bits per heavy atom. The highest BCUT2D eigenvalue weighted by Crippen LogP contribution is 2.42. The number of carboxylic acids is 1. The molecule has 0 saturated carbocycles. The number of rotatable bonds is 8. The summed E-state index contributed by atoms with van der Waals surface area (Å²) in [7, 11) is 0. The van der Waals surface area contributed by atoms with Crippen molar-refractivity contribution in [2.75, 3.05) is 26.3 Å². The van der Waals surface area contributed by atoms with Crippen molar-refractivity contribution in [1.82, 2.24) is 4.90 Å². The third kappa shape index (κ3) is 5.66. The van der Waals surface area contributed by atoms with E-state index in [-0.39, 0.29) is 6.67 Å². The first-order valence-electron chi connectivity index (χ1n) is 13.2. The lowest BCUT2D eigenvalue weighted by atomic mass is 9.86. The molecule has 0 bridgehead atoms. The van der Waals surface area contributed by atoms with Crippen LogP contribution in [0.3, 0.4) is 0 Å². The van der Waals surface area contributed by atoms with E-state index in [2.05, 4.69) is 41.3 Å².